The monoisotopic (exact) mass is 329 g/mol. The van der Waals surface area contributed by atoms with Crippen LogP contribution in [0.25, 0.3) is 0 Å². The zero-order valence-corrected chi connectivity index (χ0v) is 14.1. The zero-order valence-electron chi connectivity index (χ0n) is 14.1. The third-order valence-electron chi connectivity index (χ3n) is 4.88. The fourth-order valence-corrected chi connectivity index (χ4v) is 3.49. The van der Waals surface area contributed by atoms with E-state index in [2.05, 4.69) is 15.5 Å². The summed E-state index contributed by atoms with van der Waals surface area (Å²) in [4.78, 5) is 12.8. The Kier molecular flexibility index (Phi) is 3.88. The van der Waals surface area contributed by atoms with Gasteiger partial charge in [-0.2, -0.15) is 10.2 Å². The summed E-state index contributed by atoms with van der Waals surface area (Å²) in [5, 5.41) is 11.6. The van der Waals surface area contributed by atoms with E-state index in [1.54, 1.807) is 10.9 Å². The fraction of sp³-hybridized carbons (Fsp3) is 0.588. The topological polar surface area (TPSA) is 74.0 Å². The number of hydrogen-bond acceptors (Lipinski definition) is 4. The van der Waals surface area contributed by atoms with E-state index in [4.69, 9.17) is 4.74 Å². The predicted molar refractivity (Wildman–Crippen MR) is 88.4 cm³/mol. The summed E-state index contributed by atoms with van der Waals surface area (Å²) in [6, 6.07) is 2.00. The van der Waals surface area contributed by atoms with Crippen molar-refractivity contribution in [3.05, 3.63) is 29.7 Å². The molecule has 24 heavy (non-hydrogen) atoms. The third kappa shape index (κ3) is 2.96. The Balaban J connectivity index is 1.50. The van der Waals surface area contributed by atoms with Gasteiger partial charge in [-0.15, -0.1) is 0 Å². The van der Waals surface area contributed by atoms with E-state index in [9.17, 15) is 4.79 Å². The smallest absolute Gasteiger partial charge is 0.231 e. The maximum atomic E-state index is 12.8. The van der Waals surface area contributed by atoms with Gasteiger partial charge in [0.2, 0.25) is 5.91 Å². The Morgan fingerprint density at radius 2 is 2.17 bits per heavy atom. The molecule has 2 aliphatic rings. The van der Waals surface area contributed by atoms with Crippen LogP contribution in [0.15, 0.2) is 18.5 Å². The number of carbonyl (C=O) groups is 1. The van der Waals surface area contributed by atoms with E-state index in [1.165, 1.54) is 18.5 Å². The Labute approximate surface area is 141 Å². The van der Waals surface area contributed by atoms with Gasteiger partial charge in [0.1, 0.15) is 0 Å². The zero-order chi connectivity index (χ0) is 16.7. The van der Waals surface area contributed by atoms with Crippen LogP contribution in [0, 0.1) is 5.92 Å². The van der Waals surface area contributed by atoms with Crippen molar-refractivity contribution in [2.75, 3.05) is 11.9 Å². The number of ether oxygens (including phenoxy) is 1. The Morgan fingerprint density at radius 1 is 1.33 bits per heavy atom. The SMILES string of the molecule is Cn1cc([C@@H]2OCCC[C@H]2C(=O)Nc2cc(C3CC3)n(C)n2)cn1. The lowest BCUT2D eigenvalue weighted by atomic mass is 9.90. The molecule has 0 unspecified atom stereocenters. The van der Waals surface area contributed by atoms with Crippen LogP contribution < -0.4 is 5.32 Å². The van der Waals surface area contributed by atoms with Gasteiger partial charge in [-0.25, -0.2) is 0 Å². The Hall–Kier alpha value is -2.15. The molecule has 2 aromatic heterocycles. The van der Waals surface area contributed by atoms with Crippen LogP contribution in [0.5, 0.6) is 0 Å². The molecule has 1 N–H and O–H groups in total. The van der Waals surface area contributed by atoms with Crippen molar-refractivity contribution < 1.29 is 9.53 Å². The first-order valence-corrected chi connectivity index (χ1v) is 8.57. The minimum atomic E-state index is -0.237. The van der Waals surface area contributed by atoms with Crippen molar-refractivity contribution in [3.8, 4) is 0 Å². The molecule has 4 rings (SSSR count). The third-order valence-corrected chi connectivity index (χ3v) is 4.88. The summed E-state index contributed by atoms with van der Waals surface area (Å²) in [6.07, 6.45) is 7.60. The molecule has 3 heterocycles. The molecule has 2 aromatic rings. The highest BCUT2D eigenvalue weighted by atomic mass is 16.5. The quantitative estimate of drug-likeness (QED) is 0.932. The van der Waals surface area contributed by atoms with Crippen molar-refractivity contribution in [2.45, 2.75) is 37.7 Å². The van der Waals surface area contributed by atoms with Gasteiger partial charge in [0.15, 0.2) is 5.82 Å². The number of anilines is 1. The van der Waals surface area contributed by atoms with E-state index < -0.39 is 0 Å². The van der Waals surface area contributed by atoms with Crippen LogP contribution in [0.2, 0.25) is 0 Å². The average Bonchev–Trinajstić information content (AvgIpc) is 3.22. The van der Waals surface area contributed by atoms with Gasteiger partial charge in [0.25, 0.3) is 0 Å². The molecular formula is C17H23N5O2. The van der Waals surface area contributed by atoms with Crippen molar-refractivity contribution in [1.29, 1.82) is 0 Å². The minimum Gasteiger partial charge on any atom is -0.373 e. The first kappa shape index (κ1) is 15.4. The standard InChI is InChI=1S/C17H23N5O2/c1-21-10-12(9-18-21)16-13(4-3-7-24-16)17(23)19-15-8-14(11-5-6-11)22(2)20-15/h8-11,13,16H,3-7H2,1-2H3,(H,19,20,23)/t13-,16+/m1/s1. The van der Waals surface area contributed by atoms with Crippen molar-refractivity contribution in [1.82, 2.24) is 19.6 Å². The lowest BCUT2D eigenvalue weighted by Crippen LogP contribution is -2.33. The minimum absolute atomic E-state index is 0.0241. The molecule has 7 nitrogen and oxygen atoms in total. The molecule has 1 saturated heterocycles. The van der Waals surface area contributed by atoms with E-state index in [1.807, 2.05) is 31.0 Å². The van der Waals surface area contributed by atoms with Gasteiger partial charge >= 0.3 is 0 Å². The van der Waals surface area contributed by atoms with Crippen LogP contribution in [-0.4, -0.2) is 32.1 Å². The van der Waals surface area contributed by atoms with Crippen LogP contribution >= 0.6 is 0 Å². The highest BCUT2D eigenvalue weighted by Gasteiger charge is 2.34. The molecule has 0 radical (unpaired) electrons. The molecule has 1 saturated carbocycles. The number of aromatic nitrogens is 4. The summed E-state index contributed by atoms with van der Waals surface area (Å²) >= 11 is 0. The van der Waals surface area contributed by atoms with Gasteiger partial charge < -0.3 is 10.1 Å². The second-order valence-corrected chi connectivity index (χ2v) is 6.83. The van der Waals surface area contributed by atoms with Crippen LogP contribution in [0.4, 0.5) is 5.82 Å². The van der Waals surface area contributed by atoms with Crippen LogP contribution in [0.1, 0.15) is 49.0 Å². The maximum absolute atomic E-state index is 12.8. The molecule has 128 valence electrons. The van der Waals surface area contributed by atoms with Gasteiger partial charge in [0.05, 0.1) is 18.2 Å². The van der Waals surface area contributed by atoms with Gasteiger partial charge in [-0.1, -0.05) is 0 Å². The second-order valence-electron chi connectivity index (χ2n) is 6.83. The molecule has 1 aliphatic carbocycles. The van der Waals surface area contributed by atoms with Crippen molar-refractivity contribution in [3.63, 3.8) is 0 Å². The molecule has 1 amide bonds. The van der Waals surface area contributed by atoms with E-state index >= 15 is 0 Å². The maximum Gasteiger partial charge on any atom is 0.231 e. The molecule has 2 atom stereocenters. The number of aryl methyl sites for hydroxylation is 2. The first-order valence-electron chi connectivity index (χ1n) is 8.57. The van der Waals surface area contributed by atoms with Crippen LogP contribution in [0.3, 0.4) is 0 Å². The van der Waals surface area contributed by atoms with Gasteiger partial charge in [0, 0.05) is 50.1 Å². The average molecular weight is 329 g/mol. The van der Waals surface area contributed by atoms with Crippen LogP contribution in [-0.2, 0) is 23.6 Å². The fourth-order valence-electron chi connectivity index (χ4n) is 3.49. The predicted octanol–water partition coefficient (Wildman–Crippen LogP) is 2.14. The van der Waals surface area contributed by atoms with E-state index in [0.29, 0.717) is 18.3 Å². The first-order chi connectivity index (χ1) is 11.6. The van der Waals surface area contributed by atoms with Crippen molar-refractivity contribution in [2.24, 2.45) is 20.0 Å². The molecule has 0 aromatic carbocycles. The summed E-state index contributed by atoms with van der Waals surface area (Å²) in [6.45, 7) is 0.679. The van der Waals surface area contributed by atoms with E-state index in [0.717, 1.165) is 18.4 Å². The number of rotatable bonds is 4. The number of nitrogens with one attached hydrogen (secondary N) is 1. The molecular weight excluding hydrogens is 306 g/mol. The number of carbonyl (C=O) groups excluding carboxylic acids is 1. The number of amides is 1. The summed E-state index contributed by atoms with van der Waals surface area (Å²) < 4.78 is 9.50. The highest BCUT2D eigenvalue weighted by molar-refractivity contribution is 5.92. The highest BCUT2D eigenvalue weighted by Crippen LogP contribution is 2.40. The number of hydrogen-bond donors (Lipinski definition) is 1. The lowest BCUT2D eigenvalue weighted by molar-refractivity contribution is -0.129. The summed E-state index contributed by atoms with van der Waals surface area (Å²) in [7, 11) is 3.81. The number of nitrogens with zero attached hydrogens (tertiary/aromatic N) is 4. The lowest BCUT2D eigenvalue weighted by Gasteiger charge is -2.29. The van der Waals surface area contributed by atoms with Crippen molar-refractivity contribution >= 4 is 11.7 Å². The summed E-state index contributed by atoms with van der Waals surface area (Å²) in [5.74, 6) is 1.01. The molecule has 2 fully saturated rings. The van der Waals surface area contributed by atoms with Gasteiger partial charge in [-0.3, -0.25) is 14.2 Å². The molecule has 0 bridgehead atoms. The summed E-state index contributed by atoms with van der Waals surface area (Å²) in [5.41, 5.74) is 2.16. The van der Waals surface area contributed by atoms with E-state index in [-0.39, 0.29) is 17.9 Å². The molecule has 1 aliphatic heterocycles. The molecule has 0 spiro atoms. The largest absolute Gasteiger partial charge is 0.373 e. The Bertz CT molecular complexity index is 746. The second kappa shape index (κ2) is 6.05. The van der Waals surface area contributed by atoms with Gasteiger partial charge in [-0.05, 0) is 25.7 Å². The normalized spacial score (nSPS) is 24.1. The molecule has 7 heteroatoms. The Morgan fingerprint density at radius 3 is 2.88 bits per heavy atom.